The van der Waals surface area contributed by atoms with Crippen molar-refractivity contribution in [1.82, 2.24) is 9.97 Å². The van der Waals surface area contributed by atoms with Gasteiger partial charge in [-0.25, -0.2) is 4.98 Å². The zero-order valence-corrected chi connectivity index (χ0v) is 14.1. The number of methoxy groups -OCH3 is 1. The van der Waals surface area contributed by atoms with Gasteiger partial charge in [-0.2, -0.15) is 0 Å². The lowest BCUT2D eigenvalue weighted by molar-refractivity contribution is 0.413. The van der Waals surface area contributed by atoms with E-state index < -0.39 is 0 Å². The van der Waals surface area contributed by atoms with E-state index in [1.807, 2.05) is 12.1 Å². The molecule has 124 valence electrons. The minimum atomic E-state index is 0.935. The van der Waals surface area contributed by atoms with Crippen LogP contribution in [0.5, 0.6) is 5.75 Å². The molecule has 1 aromatic heterocycles. The van der Waals surface area contributed by atoms with Crippen molar-refractivity contribution >= 4 is 22.7 Å². The molecule has 5 nitrogen and oxygen atoms in total. The highest BCUT2D eigenvalue weighted by atomic mass is 16.5. The van der Waals surface area contributed by atoms with Gasteiger partial charge in [0.2, 0.25) is 5.95 Å². The van der Waals surface area contributed by atoms with E-state index in [2.05, 4.69) is 52.0 Å². The van der Waals surface area contributed by atoms with Gasteiger partial charge in [-0.15, -0.1) is 0 Å². The highest BCUT2D eigenvalue weighted by Crippen LogP contribution is 2.29. The Hall–Kier alpha value is -2.69. The summed E-state index contributed by atoms with van der Waals surface area (Å²) in [5.74, 6) is 1.90. The molecule has 3 aromatic rings. The molecule has 0 atom stereocenters. The predicted octanol–water partition coefficient (Wildman–Crippen LogP) is 3.21. The van der Waals surface area contributed by atoms with Crippen LogP contribution in [0.15, 0.2) is 42.5 Å². The second kappa shape index (κ2) is 6.07. The number of hydrogen-bond donors (Lipinski definition) is 1. The van der Waals surface area contributed by atoms with E-state index in [9.17, 15) is 0 Å². The van der Waals surface area contributed by atoms with Crippen molar-refractivity contribution < 1.29 is 4.74 Å². The second-order valence-corrected chi connectivity index (χ2v) is 6.23. The molecular weight excluding hydrogens is 300 g/mol. The summed E-state index contributed by atoms with van der Waals surface area (Å²) < 4.78 is 5.49. The van der Waals surface area contributed by atoms with Crippen LogP contribution in [0.1, 0.15) is 5.56 Å². The van der Waals surface area contributed by atoms with E-state index in [0.717, 1.165) is 48.9 Å². The Morgan fingerprint density at radius 1 is 1.00 bits per heavy atom. The van der Waals surface area contributed by atoms with Gasteiger partial charge >= 0.3 is 0 Å². The monoisotopic (exact) mass is 322 g/mol. The maximum atomic E-state index is 5.49. The standard InChI is InChI=1S/C19H22N4O/c1-14-7-8-15-16(13-14)21-19(20-15)23-11-9-22(10-12-23)17-5-3-4-6-18(17)24-2/h3-8,13H,9-12H2,1-2H3,(H,20,21). The summed E-state index contributed by atoms with van der Waals surface area (Å²) in [6.45, 7) is 5.90. The Balaban J connectivity index is 1.51. The van der Waals surface area contributed by atoms with E-state index in [-0.39, 0.29) is 0 Å². The number of aromatic nitrogens is 2. The first kappa shape index (κ1) is 14.9. The van der Waals surface area contributed by atoms with Crippen LogP contribution in [0.2, 0.25) is 0 Å². The number of piperazine rings is 1. The van der Waals surface area contributed by atoms with Crippen LogP contribution < -0.4 is 14.5 Å². The number of hydrogen-bond acceptors (Lipinski definition) is 4. The third-order valence-corrected chi connectivity index (χ3v) is 4.63. The molecule has 0 unspecified atom stereocenters. The van der Waals surface area contributed by atoms with Gasteiger partial charge in [-0.05, 0) is 36.8 Å². The van der Waals surface area contributed by atoms with Gasteiger partial charge in [0, 0.05) is 26.2 Å². The molecule has 2 aromatic carbocycles. The van der Waals surface area contributed by atoms with Crippen LogP contribution in [0, 0.1) is 6.92 Å². The van der Waals surface area contributed by atoms with Crippen molar-refractivity contribution in [3.63, 3.8) is 0 Å². The van der Waals surface area contributed by atoms with Gasteiger partial charge < -0.3 is 19.5 Å². The molecule has 5 heteroatoms. The maximum absolute atomic E-state index is 5.49. The average Bonchev–Trinajstić information content (AvgIpc) is 3.05. The lowest BCUT2D eigenvalue weighted by Crippen LogP contribution is -2.47. The molecule has 0 radical (unpaired) electrons. The fourth-order valence-corrected chi connectivity index (χ4v) is 3.31. The third-order valence-electron chi connectivity index (χ3n) is 4.63. The molecule has 0 spiro atoms. The fraction of sp³-hybridized carbons (Fsp3) is 0.316. The zero-order chi connectivity index (χ0) is 16.5. The van der Waals surface area contributed by atoms with E-state index in [1.165, 1.54) is 11.3 Å². The molecule has 2 heterocycles. The highest BCUT2D eigenvalue weighted by molar-refractivity contribution is 5.78. The van der Waals surface area contributed by atoms with Crippen LogP contribution >= 0.6 is 0 Å². The molecule has 1 fully saturated rings. The number of aromatic amines is 1. The summed E-state index contributed by atoms with van der Waals surface area (Å²) in [7, 11) is 1.73. The summed E-state index contributed by atoms with van der Waals surface area (Å²) in [5, 5.41) is 0. The third kappa shape index (κ3) is 2.66. The molecule has 1 aliphatic rings. The van der Waals surface area contributed by atoms with Crippen LogP contribution in [0.4, 0.5) is 11.6 Å². The molecule has 0 aliphatic carbocycles. The van der Waals surface area contributed by atoms with Crippen LogP contribution in [0.25, 0.3) is 11.0 Å². The Morgan fingerprint density at radius 2 is 1.75 bits per heavy atom. The SMILES string of the molecule is COc1ccccc1N1CCN(c2nc3ccc(C)cc3[nH]2)CC1. The number of fused-ring (bicyclic) bond motifs is 1. The fourth-order valence-electron chi connectivity index (χ4n) is 3.31. The van der Waals surface area contributed by atoms with Gasteiger partial charge in [0.15, 0.2) is 0 Å². The molecule has 1 N–H and O–H groups in total. The van der Waals surface area contributed by atoms with Gasteiger partial charge in [0.25, 0.3) is 0 Å². The van der Waals surface area contributed by atoms with Crippen molar-refractivity contribution in [3.05, 3.63) is 48.0 Å². The first-order chi connectivity index (χ1) is 11.7. The summed E-state index contributed by atoms with van der Waals surface area (Å²) in [6.07, 6.45) is 0. The number of nitrogens with one attached hydrogen (secondary N) is 1. The largest absolute Gasteiger partial charge is 0.495 e. The van der Waals surface area contributed by atoms with Gasteiger partial charge in [0.1, 0.15) is 5.75 Å². The van der Waals surface area contributed by atoms with Crippen molar-refractivity contribution in [1.29, 1.82) is 0 Å². The number of rotatable bonds is 3. The summed E-state index contributed by atoms with van der Waals surface area (Å²) in [6, 6.07) is 14.5. The topological polar surface area (TPSA) is 44.4 Å². The van der Waals surface area contributed by atoms with Crippen LogP contribution in [-0.2, 0) is 0 Å². The maximum Gasteiger partial charge on any atom is 0.203 e. The van der Waals surface area contributed by atoms with Crippen LogP contribution in [-0.4, -0.2) is 43.3 Å². The number of imidazole rings is 1. The van der Waals surface area contributed by atoms with Gasteiger partial charge in [0.05, 0.1) is 23.8 Å². The zero-order valence-electron chi connectivity index (χ0n) is 14.1. The van der Waals surface area contributed by atoms with E-state index in [0.29, 0.717) is 0 Å². The minimum absolute atomic E-state index is 0.935. The number of ether oxygens (including phenoxy) is 1. The summed E-state index contributed by atoms with van der Waals surface area (Å²) >= 11 is 0. The second-order valence-electron chi connectivity index (χ2n) is 6.23. The average molecular weight is 322 g/mol. The Bertz CT molecular complexity index is 849. The van der Waals surface area contributed by atoms with E-state index in [4.69, 9.17) is 9.72 Å². The smallest absolute Gasteiger partial charge is 0.203 e. The quantitative estimate of drug-likeness (QED) is 0.804. The number of para-hydroxylation sites is 2. The number of benzene rings is 2. The van der Waals surface area contributed by atoms with Crippen molar-refractivity contribution in [2.24, 2.45) is 0 Å². The van der Waals surface area contributed by atoms with E-state index in [1.54, 1.807) is 7.11 Å². The van der Waals surface area contributed by atoms with Crippen molar-refractivity contribution in [2.45, 2.75) is 6.92 Å². The molecular formula is C19H22N4O. The summed E-state index contributed by atoms with van der Waals surface area (Å²) in [4.78, 5) is 12.9. The van der Waals surface area contributed by atoms with Crippen molar-refractivity contribution in [3.8, 4) is 5.75 Å². The number of nitrogens with zero attached hydrogens (tertiary/aromatic N) is 3. The van der Waals surface area contributed by atoms with E-state index >= 15 is 0 Å². The number of aryl methyl sites for hydroxylation is 1. The Labute approximate surface area is 141 Å². The number of anilines is 2. The molecule has 0 bridgehead atoms. The van der Waals surface area contributed by atoms with Crippen molar-refractivity contribution in [2.75, 3.05) is 43.1 Å². The lowest BCUT2D eigenvalue weighted by Gasteiger charge is -2.36. The molecule has 0 amide bonds. The lowest BCUT2D eigenvalue weighted by atomic mass is 10.2. The minimum Gasteiger partial charge on any atom is -0.495 e. The highest BCUT2D eigenvalue weighted by Gasteiger charge is 2.21. The molecule has 0 saturated carbocycles. The van der Waals surface area contributed by atoms with Crippen LogP contribution in [0.3, 0.4) is 0 Å². The summed E-state index contributed by atoms with van der Waals surface area (Å²) in [5.41, 5.74) is 4.55. The molecule has 1 saturated heterocycles. The molecule has 24 heavy (non-hydrogen) atoms. The van der Waals surface area contributed by atoms with Gasteiger partial charge in [-0.3, -0.25) is 0 Å². The Morgan fingerprint density at radius 3 is 2.54 bits per heavy atom. The normalized spacial score (nSPS) is 15.1. The number of H-pyrrole nitrogens is 1. The Kier molecular flexibility index (Phi) is 3.76. The molecule has 4 rings (SSSR count). The molecule has 1 aliphatic heterocycles. The first-order valence-corrected chi connectivity index (χ1v) is 8.34. The predicted molar refractivity (Wildman–Crippen MR) is 98.3 cm³/mol. The first-order valence-electron chi connectivity index (χ1n) is 8.34. The van der Waals surface area contributed by atoms with Gasteiger partial charge in [-0.1, -0.05) is 18.2 Å².